The second kappa shape index (κ2) is 6.91. The third-order valence-corrected chi connectivity index (χ3v) is 9.42. The van der Waals surface area contributed by atoms with Crippen LogP contribution in [-0.2, 0) is 10.8 Å². The van der Waals surface area contributed by atoms with Crippen LogP contribution in [0.2, 0.25) is 18.1 Å². The van der Waals surface area contributed by atoms with Gasteiger partial charge in [-0.3, -0.25) is 0 Å². The minimum atomic E-state index is -1.81. The van der Waals surface area contributed by atoms with Crippen molar-refractivity contribution in [1.82, 2.24) is 0 Å². The molecule has 0 aromatic heterocycles. The summed E-state index contributed by atoms with van der Waals surface area (Å²) in [7, 11) is -1.81. The summed E-state index contributed by atoms with van der Waals surface area (Å²) in [6, 6.07) is 15.1. The van der Waals surface area contributed by atoms with E-state index in [4.69, 9.17) is 10.8 Å². The van der Waals surface area contributed by atoms with Crippen molar-refractivity contribution in [3.8, 4) is 12.3 Å². The number of fused-ring (bicyclic) bond motifs is 1. The first-order valence-corrected chi connectivity index (χ1v) is 11.3. The highest BCUT2D eigenvalue weighted by atomic mass is 28.4. The molecule has 1 unspecified atom stereocenters. The summed E-state index contributed by atoms with van der Waals surface area (Å²) in [6.45, 7) is 11.3. The zero-order valence-corrected chi connectivity index (χ0v) is 16.0. The largest absolute Gasteiger partial charge is 0.403 e. The molecule has 0 amide bonds. The maximum atomic E-state index is 6.36. The summed E-state index contributed by atoms with van der Waals surface area (Å²) < 4.78 is 6.36. The van der Waals surface area contributed by atoms with Gasteiger partial charge in [-0.1, -0.05) is 69.2 Å². The minimum Gasteiger partial charge on any atom is -0.403 e. The molecular weight excluding hydrogens is 296 g/mol. The van der Waals surface area contributed by atoms with Crippen LogP contribution in [0.25, 0.3) is 10.8 Å². The van der Waals surface area contributed by atoms with Gasteiger partial charge in [-0.15, -0.1) is 6.42 Å². The van der Waals surface area contributed by atoms with Gasteiger partial charge in [-0.2, -0.15) is 0 Å². The highest BCUT2D eigenvalue weighted by Gasteiger charge is 2.38. The van der Waals surface area contributed by atoms with Crippen LogP contribution in [-0.4, -0.2) is 14.4 Å². The van der Waals surface area contributed by atoms with Gasteiger partial charge in [-0.05, 0) is 47.3 Å². The molecule has 0 N–H and O–H groups in total. The Hall–Kier alpha value is -1.56. The van der Waals surface area contributed by atoms with E-state index in [0.29, 0.717) is 0 Å². The zero-order valence-electron chi connectivity index (χ0n) is 15.0. The molecule has 0 aliphatic rings. The lowest BCUT2D eigenvalue weighted by Gasteiger charge is -2.38. The van der Waals surface area contributed by atoms with E-state index in [1.54, 1.807) is 0 Å². The lowest BCUT2D eigenvalue weighted by Crippen LogP contribution is -2.43. The van der Waals surface area contributed by atoms with E-state index in [9.17, 15) is 0 Å². The van der Waals surface area contributed by atoms with Gasteiger partial charge in [0.1, 0.15) is 6.10 Å². The van der Waals surface area contributed by atoms with Crippen LogP contribution in [0.1, 0.15) is 32.8 Å². The van der Waals surface area contributed by atoms with E-state index in [2.05, 4.69) is 82.3 Å². The van der Waals surface area contributed by atoms with Gasteiger partial charge in [0.25, 0.3) is 0 Å². The van der Waals surface area contributed by atoms with Crippen LogP contribution in [0.5, 0.6) is 0 Å². The number of terminal acetylenes is 1. The fraction of sp³-hybridized carbons (Fsp3) is 0.429. The van der Waals surface area contributed by atoms with Gasteiger partial charge in [-0.25, -0.2) is 0 Å². The Labute approximate surface area is 142 Å². The van der Waals surface area contributed by atoms with E-state index < -0.39 is 8.32 Å². The third kappa shape index (κ3) is 4.47. The Morgan fingerprint density at radius 1 is 1.09 bits per heavy atom. The van der Waals surface area contributed by atoms with Crippen LogP contribution in [0.4, 0.5) is 0 Å². The van der Waals surface area contributed by atoms with E-state index >= 15 is 0 Å². The highest BCUT2D eigenvalue weighted by Crippen LogP contribution is 2.37. The van der Waals surface area contributed by atoms with Gasteiger partial charge in [0.05, 0.1) is 0 Å². The highest BCUT2D eigenvalue weighted by molar-refractivity contribution is 6.74. The Kier molecular flexibility index (Phi) is 5.34. The standard InChI is InChI=1S/C21H28OSi/c1-7-20(22-23(5,6)21(2,3)4)15-13-17-12-14-18-10-8-9-11-19(18)16-17/h1,8-12,14,16,20H,13,15H2,2-6H3. The van der Waals surface area contributed by atoms with Crippen molar-refractivity contribution >= 4 is 19.1 Å². The van der Waals surface area contributed by atoms with E-state index in [0.717, 1.165) is 12.8 Å². The number of hydrogen-bond donors (Lipinski definition) is 0. The van der Waals surface area contributed by atoms with Crippen molar-refractivity contribution in [2.75, 3.05) is 0 Å². The molecule has 2 aromatic carbocycles. The lowest BCUT2D eigenvalue weighted by molar-refractivity contribution is 0.224. The minimum absolute atomic E-state index is 0.0950. The van der Waals surface area contributed by atoms with Gasteiger partial charge in [0.15, 0.2) is 8.32 Å². The van der Waals surface area contributed by atoms with E-state index in [-0.39, 0.29) is 11.1 Å². The van der Waals surface area contributed by atoms with Crippen LogP contribution < -0.4 is 0 Å². The molecule has 2 heteroatoms. The summed E-state index contributed by atoms with van der Waals surface area (Å²) in [5, 5.41) is 2.75. The summed E-state index contributed by atoms with van der Waals surface area (Å²) in [4.78, 5) is 0. The summed E-state index contributed by atoms with van der Waals surface area (Å²) in [5.41, 5.74) is 1.32. The SMILES string of the molecule is C#CC(CCc1ccc2ccccc2c1)O[Si](C)(C)C(C)(C)C. The van der Waals surface area contributed by atoms with E-state index in [1.807, 2.05) is 0 Å². The predicted molar refractivity (Wildman–Crippen MR) is 103 cm³/mol. The van der Waals surface area contributed by atoms with Gasteiger partial charge >= 0.3 is 0 Å². The van der Waals surface area contributed by atoms with Crippen LogP contribution in [0.15, 0.2) is 42.5 Å². The van der Waals surface area contributed by atoms with Crippen molar-refractivity contribution in [1.29, 1.82) is 0 Å². The van der Waals surface area contributed by atoms with Crippen molar-refractivity contribution in [2.24, 2.45) is 0 Å². The Morgan fingerprint density at radius 2 is 1.74 bits per heavy atom. The first-order valence-electron chi connectivity index (χ1n) is 8.34. The topological polar surface area (TPSA) is 9.23 Å². The number of benzene rings is 2. The second-order valence-electron chi connectivity index (χ2n) is 7.75. The predicted octanol–water partition coefficient (Wildman–Crippen LogP) is 5.80. The maximum absolute atomic E-state index is 6.36. The molecule has 2 rings (SSSR count). The average molecular weight is 325 g/mol. The van der Waals surface area contributed by atoms with Gasteiger partial charge in [0.2, 0.25) is 0 Å². The number of aryl methyl sites for hydroxylation is 1. The van der Waals surface area contributed by atoms with Gasteiger partial charge in [0, 0.05) is 0 Å². The average Bonchev–Trinajstić information content (AvgIpc) is 2.50. The van der Waals surface area contributed by atoms with Crippen molar-refractivity contribution in [3.63, 3.8) is 0 Å². The molecule has 0 fully saturated rings. The second-order valence-corrected chi connectivity index (χ2v) is 12.5. The number of hydrogen-bond acceptors (Lipinski definition) is 1. The van der Waals surface area contributed by atoms with Crippen LogP contribution >= 0.6 is 0 Å². The van der Waals surface area contributed by atoms with Crippen molar-refractivity contribution < 1.29 is 4.43 Å². The molecule has 0 heterocycles. The summed E-state index contributed by atoms with van der Waals surface area (Å²) in [6.07, 6.45) is 7.46. The third-order valence-electron chi connectivity index (χ3n) is 4.94. The fourth-order valence-corrected chi connectivity index (χ4v) is 3.65. The Bertz CT molecular complexity index is 704. The summed E-state index contributed by atoms with van der Waals surface area (Å²) >= 11 is 0. The Balaban J connectivity index is 2.03. The van der Waals surface area contributed by atoms with Crippen molar-refractivity contribution in [3.05, 3.63) is 48.0 Å². The molecule has 0 bridgehead atoms. The molecule has 1 atom stereocenters. The van der Waals surface area contributed by atoms with Gasteiger partial charge < -0.3 is 4.43 Å². The van der Waals surface area contributed by atoms with E-state index in [1.165, 1.54) is 16.3 Å². The zero-order chi connectivity index (χ0) is 17.1. The molecule has 0 radical (unpaired) electrons. The van der Waals surface area contributed by atoms with Crippen LogP contribution in [0.3, 0.4) is 0 Å². The molecule has 1 nitrogen and oxygen atoms in total. The first-order chi connectivity index (χ1) is 10.7. The molecular formula is C21H28OSi. The molecule has 122 valence electrons. The first kappa shape index (κ1) is 17.8. The monoisotopic (exact) mass is 324 g/mol. The molecule has 0 saturated heterocycles. The van der Waals surface area contributed by atoms with Crippen LogP contribution in [0, 0.1) is 12.3 Å². The summed E-state index contributed by atoms with van der Waals surface area (Å²) in [5.74, 6) is 2.85. The quantitative estimate of drug-likeness (QED) is 0.499. The smallest absolute Gasteiger partial charge is 0.193 e. The maximum Gasteiger partial charge on any atom is 0.193 e. The number of rotatable bonds is 5. The molecule has 23 heavy (non-hydrogen) atoms. The molecule has 0 saturated carbocycles. The molecule has 0 aliphatic carbocycles. The Morgan fingerprint density at radius 3 is 2.35 bits per heavy atom. The molecule has 0 aliphatic heterocycles. The normalized spacial score (nSPS) is 13.7. The fourth-order valence-electron chi connectivity index (χ4n) is 2.40. The lowest BCUT2D eigenvalue weighted by atomic mass is 10.0. The van der Waals surface area contributed by atoms with Crippen molar-refractivity contribution in [2.45, 2.75) is 57.8 Å². The molecule has 0 spiro atoms. The molecule has 2 aromatic rings.